The van der Waals surface area contributed by atoms with E-state index in [4.69, 9.17) is 4.74 Å². The van der Waals surface area contributed by atoms with E-state index in [1.165, 1.54) is 4.90 Å². The van der Waals surface area contributed by atoms with Gasteiger partial charge in [-0.1, -0.05) is 19.1 Å². The maximum Gasteiger partial charge on any atom is 0.261 e. The molecule has 4 rings (SSSR count). The second-order valence-electron chi connectivity index (χ2n) is 7.51. The molecule has 6 nitrogen and oxygen atoms in total. The minimum atomic E-state index is -0.346. The van der Waals surface area contributed by atoms with Gasteiger partial charge in [-0.05, 0) is 43.2 Å². The molecule has 0 saturated heterocycles. The second-order valence-corrected chi connectivity index (χ2v) is 8.99. The quantitative estimate of drug-likeness (QED) is 0.539. The van der Waals surface area contributed by atoms with Crippen molar-refractivity contribution in [3.63, 3.8) is 0 Å². The SMILES string of the molecule is COCCCN1C(=O)c2ccc(C(=O)N3CCC(C)Sc4ccccc43)cc2C1=O. The lowest BCUT2D eigenvalue weighted by molar-refractivity contribution is 0.0638. The number of carbonyl (C=O) groups excluding carboxylic acids is 3. The van der Waals surface area contributed by atoms with Crippen LogP contribution in [0.3, 0.4) is 0 Å². The summed E-state index contributed by atoms with van der Waals surface area (Å²) >= 11 is 1.77. The van der Waals surface area contributed by atoms with E-state index in [1.54, 1.807) is 42.0 Å². The standard InChI is InChI=1S/C23H24N2O4S/c1-15-10-12-24(19-6-3-4-7-20(19)30-15)21(26)16-8-9-17-18(14-16)23(28)25(22(17)27)11-5-13-29-2/h3-4,6-9,14-15H,5,10-13H2,1-2H3. The molecule has 2 aromatic rings. The number of hydrogen-bond donors (Lipinski definition) is 0. The molecule has 0 saturated carbocycles. The summed E-state index contributed by atoms with van der Waals surface area (Å²) in [7, 11) is 1.58. The Balaban J connectivity index is 1.62. The maximum atomic E-state index is 13.4. The minimum absolute atomic E-state index is 0.155. The number of amides is 3. The van der Waals surface area contributed by atoms with Gasteiger partial charge < -0.3 is 9.64 Å². The van der Waals surface area contributed by atoms with E-state index in [-0.39, 0.29) is 17.7 Å². The molecule has 0 radical (unpaired) electrons. The van der Waals surface area contributed by atoms with Gasteiger partial charge in [-0.2, -0.15) is 0 Å². The van der Waals surface area contributed by atoms with Crippen molar-refractivity contribution in [1.29, 1.82) is 0 Å². The van der Waals surface area contributed by atoms with Gasteiger partial charge in [-0.15, -0.1) is 11.8 Å². The van der Waals surface area contributed by atoms with Crippen LogP contribution in [0, 0.1) is 0 Å². The molecule has 0 aliphatic carbocycles. The maximum absolute atomic E-state index is 13.4. The van der Waals surface area contributed by atoms with Crippen LogP contribution in [0.4, 0.5) is 5.69 Å². The Morgan fingerprint density at radius 3 is 2.70 bits per heavy atom. The molecule has 2 heterocycles. The fourth-order valence-electron chi connectivity index (χ4n) is 3.85. The molecule has 30 heavy (non-hydrogen) atoms. The largest absolute Gasteiger partial charge is 0.385 e. The average Bonchev–Trinajstić information content (AvgIpc) is 2.88. The molecule has 2 aliphatic rings. The molecule has 0 fully saturated rings. The van der Waals surface area contributed by atoms with Gasteiger partial charge in [-0.25, -0.2) is 0 Å². The zero-order chi connectivity index (χ0) is 21.3. The Labute approximate surface area is 180 Å². The van der Waals surface area contributed by atoms with Crippen molar-refractivity contribution in [2.24, 2.45) is 0 Å². The van der Waals surface area contributed by atoms with Crippen LogP contribution in [0.2, 0.25) is 0 Å². The molecule has 0 bridgehead atoms. The number of para-hydroxylation sites is 1. The van der Waals surface area contributed by atoms with E-state index in [2.05, 4.69) is 6.92 Å². The van der Waals surface area contributed by atoms with Gasteiger partial charge in [0.1, 0.15) is 0 Å². The van der Waals surface area contributed by atoms with Gasteiger partial charge >= 0.3 is 0 Å². The Hall–Kier alpha value is -2.64. The molecule has 1 atom stereocenters. The van der Waals surface area contributed by atoms with Crippen LogP contribution in [-0.2, 0) is 4.74 Å². The van der Waals surface area contributed by atoms with E-state index < -0.39 is 0 Å². The van der Waals surface area contributed by atoms with Crippen molar-refractivity contribution in [1.82, 2.24) is 4.90 Å². The van der Waals surface area contributed by atoms with Gasteiger partial charge in [-0.3, -0.25) is 19.3 Å². The van der Waals surface area contributed by atoms with E-state index >= 15 is 0 Å². The topological polar surface area (TPSA) is 66.9 Å². The Morgan fingerprint density at radius 1 is 1.13 bits per heavy atom. The number of methoxy groups -OCH3 is 1. The number of rotatable bonds is 5. The van der Waals surface area contributed by atoms with Crippen LogP contribution in [0.15, 0.2) is 47.4 Å². The van der Waals surface area contributed by atoms with Crippen molar-refractivity contribution >= 4 is 35.2 Å². The highest BCUT2D eigenvalue weighted by Gasteiger charge is 2.36. The summed E-state index contributed by atoms with van der Waals surface area (Å²) < 4.78 is 5.01. The highest BCUT2D eigenvalue weighted by Crippen LogP contribution is 2.38. The van der Waals surface area contributed by atoms with Crippen LogP contribution in [0.25, 0.3) is 0 Å². The summed E-state index contributed by atoms with van der Waals surface area (Å²) in [5, 5.41) is 0.406. The molecule has 1 unspecified atom stereocenters. The van der Waals surface area contributed by atoms with Crippen molar-refractivity contribution in [2.75, 3.05) is 31.7 Å². The number of hydrogen-bond acceptors (Lipinski definition) is 5. The summed E-state index contributed by atoms with van der Waals surface area (Å²) in [5.41, 5.74) is 1.97. The third-order valence-electron chi connectivity index (χ3n) is 5.44. The molecular weight excluding hydrogens is 400 g/mol. The third-order valence-corrected chi connectivity index (χ3v) is 6.67. The predicted octanol–water partition coefficient (Wildman–Crippen LogP) is 3.85. The Kier molecular flexibility index (Phi) is 5.92. The first-order valence-electron chi connectivity index (χ1n) is 10.1. The molecular formula is C23H24N2O4S. The number of nitrogens with zero attached hydrogens (tertiary/aromatic N) is 2. The number of imide groups is 1. The van der Waals surface area contributed by atoms with Gasteiger partial charge in [0, 0.05) is 42.5 Å². The zero-order valence-electron chi connectivity index (χ0n) is 17.1. The molecule has 2 aromatic carbocycles. The number of fused-ring (bicyclic) bond motifs is 2. The lowest BCUT2D eigenvalue weighted by Gasteiger charge is -2.22. The van der Waals surface area contributed by atoms with Crippen LogP contribution in [-0.4, -0.2) is 54.7 Å². The summed E-state index contributed by atoms with van der Waals surface area (Å²) in [5.74, 6) is -0.810. The van der Waals surface area contributed by atoms with E-state index in [9.17, 15) is 14.4 Å². The summed E-state index contributed by atoms with van der Waals surface area (Å²) in [4.78, 5) is 42.9. The molecule has 156 valence electrons. The lowest BCUT2D eigenvalue weighted by Crippen LogP contribution is -2.32. The summed E-state index contributed by atoms with van der Waals surface area (Å²) in [6.07, 6.45) is 1.45. The number of thioether (sulfide) groups is 1. The molecule has 3 amide bonds. The highest BCUT2D eigenvalue weighted by atomic mass is 32.2. The lowest BCUT2D eigenvalue weighted by atomic mass is 10.0. The van der Waals surface area contributed by atoms with Crippen molar-refractivity contribution in [3.05, 3.63) is 59.2 Å². The van der Waals surface area contributed by atoms with Crippen molar-refractivity contribution in [2.45, 2.75) is 29.9 Å². The number of anilines is 1. The molecule has 0 spiro atoms. The summed E-state index contributed by atoms with van der Waals surface area (Å²) in [6, 6.07) is 12.7. The first kappa shape index (κ1) is 20.6. The molecule has 0 aromatic heterocycles. The second kappa shape index (κ2) is 8.62. The first-order chi connectivity index (χ1) is 14.5. The number of ether oxygens (including phenoxy) is 1. The van der Waals surface area contributed by atoms with Crippen LogP contribution >= 0.6 is 11.8 Å². The smallest absolute Gasteiger partial charge is 0.261 e. The minimum Gasteiger partial charge on any atom is -0.385 e. The Bertz CT molecular complexity index is 1010. The third kappa shape index (κ3) is 3.75. The number of carbonyl (C=O) groups is 3. The summed E-state index contributed by atoms with van der Waals surface area (Å²) in [6.45, 7) is 3.55. The number of benzene rings is 2. The zero-order valence-corrected chi connectivity index (χ0v) is 17.9. The first-order valence-corrected chi connectivity index (χ1v) is 11.0. The average molecular weight is 425 g/mol. The van der Waals surface area contributed by atoms with Crippen LogP contribution < -0.4 is 4.90 Å². The predicted molar refractivity (Wildman–Crippen MR) is 116 cm³/mol. The molecule has 2 aliphatic heterocycles. The monoisotopic (exact) mass is 424 g/mol. The van der Waals surface area contributed by atoms with Gasteiger partial charge in [0.15, 0.2) is 0 Å². The van der Waals surface area contributed by atoms with Crippen LogP contribution in [0.1, 0.15) is 50.8 Å². The van der Waals surface area contributed by atoms with Crippen molar-refractivity contribution < 1.29 is 19.1 Å². The van der Waals surface area contributed by atoms with E-state index in [0.29, 0.717) is 48.1 Å². The van der Waals surface area contributed by atoms with E-state index in [1.807, 2.05) is 24.3 Å². The Morgan fingerprint density at radius 2 is 1.90 bits per heavy atom. The van der Waals surface area contributed by atoms with Gasteiger partial charge in [0.2, 0.25) is 0 Å². The van der Waals surface area contributed by atoms with E-state index in [0.717, 1.165) is 17.0 Å². The fourth-order valence-corrected chi connectivity index (χ4v) is 4.96. The molecule has 7 heteroatoms. The van der Waals surface area contributed by atoms with Gasteiger partial charge in [0.05, 0.1) is 16.8 Å². The van der Waals surface area contributed by atoms with Crippen molar-refractivity contribution in [3.8, 4) is 0 Å². The fraction of sp³-hybridized carbons (Fsp3) is 0.348. The van der Waals surface area contributed by atoms with Gasteiger partial charge in [0.25, 0.3) is 17.7 Å². The molecule has 0 N–H and O–H groups in total. The highest BCUT2D eigenvalue weighted by molar-refractivity contribution is 8.00. The normalized spacial score (nSPS) is 18.3. The van der Waals surface area contributed by atoms with Crippen LogP contribution in [0.5, 0.6) is 0 Å².